The van der Waals surface area contributed by atoms with Crippen molar-refractivity contribution < 1.29 is 23.9 Å². The van der Waals surface area contributed by atoms with Crippen molar-refractivity contribution in [1.29, 1.82) is 0 Å². The van der Waals surface area contributed by atoms with Crippen LogP contribution >= 0.6 is 0 Å². The van der Waals surface area contributed by atoms with Crippen LogP contribution in [0, 0.1) is 6.92 Å². The highest BCUT2D eigenvalue weighted by atomic mass is 16.5. The van der Waals surface area contributed by atoms with Crippen molar-refractivity contribution in [3.05, 3.63) is 23.3 Å². The van der Waals surface area contributed by atoms with Crippen molar-refractivity contribution in [3.63, 3.8) is 0 Å². The van der Waals surface area contributed by atoms with Gasteiger partial charge in [-0.3, -0.25) is 14.4 Å². The third-order valence-electron chi connectivity index (χ3n) is 2.40. The first-order valence-corrected chi connectivity index (χ1v) is 5.79. The highest BCUT2D eigenvalue weighted by Crippen LogP contribution is 2.29. The summed E-state index contributed by atoms with van der Waals surface area (Å²) in [4.78, 5) is 33.2. The Morgan fingerprint density at radius 1 is 1.00 bits per heavy atom. The molecule has 0 N–H and O–H groups in total. The van der Waals surface area contributed by atoms with E-state index in [0.29, 0.717) is 16.9 Å². The fraction of sp³-hybridized carbons (Fsp3) is 0.357. The normalized spacial score (nSPS) is 9.89. The van der Waals surface area contributed by atoms with Gasteiger partial charge in [-0.2, -0.15) is 0 Å². The summed E-state index contributed by atoms with van der Waals surface area (Å²) < 4.78 is 10.0. The van der Waals surface area contributed by atoms with Crippen LogP contribution in [0.3, 0.4) is 0 Å². The average molecular weight is 264 g/mol. The summed E-state index contributed by atoms with van der Waals surface area (Å²) in [6.07, 6.45) is 0.190. The van der Waals surface area contributed by atoms with Crippen LogP contribution in [0.25, 0.3) is 0 Å². The maximum Gasteiger partial charge on any atom is 0.308 e. The molecular weight excluding hydrogens is 248 g/mol. The molecule has 0 unspecified atom stereocenters. The van der Waals surface area contributed by atoms with Gasteiger partial charge in [-0.25, -0.2) is 0 Å². The van der Waals surface area contributed by atoms with Crippen LogP contribution in [0.4, 0.5) is 0 Å². The fourth-order valence-corrected chi connectivity index (χ4v) is 1.65. The zero-order chi connectivity index (χ0) is 14.6. The van der Waals surface area contributed by atoms with E-state index in [4.69, 9.17) is 9.47 Å². The summed E-state index contributed by atoms with van der Waals surface area (Å²) >= 11 is 0. The summed E-state index contributed by atoms with van der Waals surface area (Å²) in [6.45, 7) is 5.76. The molecule has 0 atom stereocenters. The smallest absolute Gasteiger partial charge is 0.308 e. The molecule has 5 nitrogen and oxygen atoms in total. The van der Waals surface area contributed by atoms with E-state index in [9.17, 15) is 14.4 Å². The number of hydrogen-bond acceptors (Lipinski definition) is 5. The van der Waals surface area contributed by atoms with E-state index in [1.807, 2.05) is 0 Å². The maximum atomic E-state index is 11.2. The van der Waals surface area contributed by atoms with Gasteiger partial charge >= 0.3 is 11.9 Å². The van der Waals surface area contributed by atoms with Gasteiger partial charge < -0.3 is 9.47 Å². The first-order valence-electron chi connectivity index (χ1n) is 5.79. The third kappa shape index (κ3) is 4.54. The van der Waals surface area contributed by atoms with Crippen LogP contribution < -0.4 is 9.47 Å². The van der Waals surface area contributed by atoms with Gasteiger partial charge in [0, 0.05) is 26.3 Å². The van der Waals surface area contributed by atoms with Crippen molar-refractivity contribution in [2.45, 2.75) is 34.1 Å². The number of esters is 2. The summed E-state index contributed by atoms with van der Waals surface area (Å²) in [5.41, 5.74) is 1.35. The summed E-state index contributed by atoms with van der Waals surface area (Å²) in [7, 11) is 0. The molecule has 0 radical (unpaired) electrons. The second kappa shape index (κ2) is 6.13. The number of ketones is 1. The first-order chi connectivity index (χ1) is 8.79. The lowest BCUT2D eigenvalue weighted by atomic mass is 10.0. The second-order valence-corrected chi connectivity index (χ2v) is 4.27. The predicted molar refractivity (Wildman–Crippen MR) is 68.2 cm³/mol. The minimum Gasteiger partial charge on any atom is -0.427 e. The van der Waals surface area contributed by atoms with E-state index in [2.05, 4.69) is 0 Å². The molecule has 0 bridgehead atoms. The molecule has 19 heavy (non-hydrogen) atoms. The van der Waals surface area contributed by atoms with Crippen molar-refractivity contribution in [2.75, 3.05) is 0 Å². The number of ether oxygens (including phenoxy) is 2. The van der Waals surface area contributed by atoms with Crippen LogP contribution in [-0.4, -0.2) is 17.7 Å². The first kappa shape index (κ1) is 14.9. The van der Waals surface area contributed by atoms with Gasteiger partial charge in [-0.1, -0.05) is 0 Å². The number of carbonyl (C=O) groups excluding carboxylic acids is 3. The van der Waals surface area contributed by atoms with Crippen LogP contribution in [0.5, 0.6) is 11.5 Å². The second-order valence-electron chi connectivity index (χ2n) is 4.27. The summed E-state index contributed by atoms with van der Waals surface area (Å²) in [5, 5.41) is 0. The molecule has 0 aliphatic rings. The highest BCUT2D eigenvalue weighted by Gasteiger charge is 2.13. The van der Waals surface area contributed by atoms with Gasteiger partial charge in [0.15, 0.2) is 0 Å². The Morgan fingerprint density at radius 3 is 2.05 bits per heavy atom. The Balaban J connectivity index is 3.24. The van der Waals surface area contributed by atoms with Gasteiger partial charge in [0.05, 0.1) is 0 Å². The molecular formula is C14H16O5. The fourth-order valence-electron chi connectivity index (χ4n) is 1.65. The maximum absolute atomic E-state index is 11.2. The number of rotatable bonds is 4. The lowest BCUT2D eigenvalue weighted by molar-refractivity contribution is -0.132. The molecule has 0 saturated heterocycles. The van der Waals surface area contributed by atoms with E-state index in [0.717, 1.165) is 0 Å². The molecule has 0 aromatic heterocycles. The van der Waals surface area contributed by atoms with Crippen molar-refractivity contribution >= 4 is 17.7 Å². The Bertz CT molecular complexity index is 494. The molecule has 1 aromatic carbocycles. The minimum atomic E-state index is -0.480. The predicted octanol–water partition coefficient (Wildman–Crippen LogP) is 1.98. The number of carbonyl (C=O) groups is 3. The van der Waals surface area contributed by atoms with Crippen molar-refractivity contribution in [3.8, 4) is 11.5 Å². The molecule has 0 fully saturated rings. The molecule has 0 saturated carbocycles. The van der Waals surface area contributed by atoms with Crippen molar-refractivity contribution in [1.82, 2.24) is 0 Å². The van der Waals surface area contributed by atoms with Crippen LogP contribution in [0.2, 0.25) is 0 Å². The molecule has 0 spiro atoms. The molecule has 0 heterocycles. The highest BCUT2D eigenvalue weighted by molar-refractivity contribution is 5.79. The molecule has 0 aliphatic heterocycles. The molecule has 1 rings (SSSR count). The monoisotopic (exact) mass is 264 g/mol. The quantitative estimate of drug-likeness (QED) is 0.614. The standard InChI is InChI=1S/C14H16O5/c1-8(15)5-12-6-13(18-10(3)16)7-14(9(12)2)19-11(4)17/h6-7H,5H2,1-4H3. The Kier molecular flexibility index (Phi) is 4.80. The van der Waals surface area contributed by atoms with E-state index in [1.54, 1.807) is 13.0 Å². The summed E-state index contributed by atoms with van der Waals surface area (Å²) in [5.74, 6) is -0.437. The van der Waals surface area contributed by atoms with E-state index >= 15 is 0 Å². The molecule has 1 aromatic rings. The number of hydrogen-bond donors (Lipinski definition) is 0. The number of benzene rings is 1. The molecule has 0 amide bonds. The largest absolute Gasteiger partial charge is 0.427 e. The van der Waals surface area contributed by atoms with E-state index < -0.39 is 11.9 Å². The molecule has 5 heteroatoms. The zero-order valence-corrected chi connectivity index (χ0v) is 11.4. The zero-order valence-electron chi connectivity index (χ0n) is 11.4. The van der Waals surface area contributed by atoms with E-state index in [-0.39, 0.29) is 18.0 Å². The lowest BCUT2D eigenvalue weighted by Crippen LogP contribution is -2.08. The average Bonchev–Trinajstić information content (AvgIpc) is 2.22. The minimum absolute atomic E-state index is 0.0307. The van der Waals surface area contributed by atoms with Gasteiger partial charge in [0.25, 0.3) is 0 Å². The van der Waals surface area contributed by atoms with Gasteiger partial charge in [-0.15, -0.1) is 0 Å². The topological polar surface area (TPSA) is 69.7 Å². The van der Waals surface area contributed by atoms with Crippen molar-refractivity contribution in [2.24, 2.45) is 0 Å². The Labute approximate surface area is 111 Å². The van der Waals surface area contributed by atoms with Crippen LogP contribution in [0.15, 0.2) is 12.1 Å². The molecule has 0 aliphatic carbocycles. The SMILES string of the molecule is CC(=O)Cc1cc(OC(C)=O)cc(OC(C)=O)c1C. The van der Waals surface area contributed by atoms with E-state index in [1.165, 1.54) is 26.8 Å². The molecule has 102 valence electrons. The van der Waals surface area contributed by atoms with Crippen LogP contribution in [0.1, 0.15) is 31.9 Å². The van der Waals surface area contributed by atoms with Crippen LogP contribution in [-0.2, 0) is 20.8 Å². The number of Topliss-reactive ketones (excluding diaryl/α,β-unsaturated/α-hetero) is 1. The summed E-state index contributed by atoms with van der Waals surface area (Å²) in [6, 6.07) is 3.06. The van der Waals surface area contributed by atoms with Gasteiger partial charge in [-0.05, 0) is 31.0 Å². The Morgan fingerprint density at radius 2 is 1.58 bits per heavy atom. The third-order valence-corrected chi connectivity index (χ3v) is 2.40. The Hall–Kier alpha value is -2.17. The lowest BCUT2D eigenvalue weighted by Gasteiger charge is -2.12. The van der Waals surface area contributed by atoms with Gasteiger partial charge in [0.1, 0.15) is 17.3 Å². The van der Waals surface area contributed by atoms with Gasteiger partial charge in [0.2, 0.25) is 0 Å².